The fourth-order valence-corrected chi connectivity index (χ4v) is 3.17. The van der Waals surface area contributed by atoms with Crippen molar-refractivity contribution < 1.29 is 9.53 Å². The maximum atomic E-state index is 12.7. The van der Waals surface area contributed by atoms with Crippen LogP contribution in [0.5, 0.6) is 0 Å². The zero-order chi connectivity index (χ0) is 13.0. The Kier molecular flexibility index (Phi) is 6.57. The molecule has 0 aliphatic carbocycles. The molecule has 2 heterocycles. The molecule has 0 atom stereocenters. The van der Waals surface area contributed by atoms with Gasteiger partial charge < -0.3 is 15.0 Å². The zero-order valence-corrected chi connectivity index (χ0v) is 12.9. The van der Waals surface area contributed by atoms with E-state index in [1.165, 1.54) is 6.42 Å². The van der Waals surface area contributed by atoms with Gasteiger partial charge in [0.15, 0.2) is 0 Å². The van der Waals surface area contributed by atoms with Crippen LogP contribution in [0.3, 0.4) is 0 Å². The lowest BCUT2D eigenvalue weighted by Gasteiger charge is -2.41. The summed E-state index contributed by atoms with van der Waals surface area (Å²) in [6, 6.07) is 0. The quantitative estimate of drug-likeness (QED) is 0.862. The predicted octanol–water partition coefficient (Wildman–Crippen LogP) is 1.83. The Morgan fingerprint density at radius 2 is 1.89 bits per heavy atom. The molecule has 112 valence electrons. The molecule has 0 radical (unpaired) electrons. The molecule has 19 heavy (non-hydrogen) atoms. The van der Waals surface area contributed by atoms with E-state index >= 15 is 0 Å². The van der Waals surface area contributed by atoms with Crippen molar-refractivity contribution in [2.24, 2.45) is 5.92 Å². The number of nitrogens with zero attached hydrogens (tertiary/aromatic N) is 1. The summed E-state index contributed by atoms with van der Waals surface area (Å²) >= 11 is 0. The molecule has 2 saturated heterocycles. The van der Waals surface area contributed by atoms with Crippen LogP contribution < -0.4 is 5.32 Å². The summed E-state index contributed by atoms with van der Waals surface area (Å²) in [6.07, 6.45) is 5.15. The van der Waals surface area contributed by atoms with Gasteiger partial charge >= 0.3 is 0 Å². The molecule has 0 bridgehead atoms. The maximum Gasteiger partial charge on any atom is 0.254 e. The van der Waals surface area contributed by atoms with Crippen LogP contribution in [0, 0.1) is 5.92 Å². The third-order valence-corrected chi connectivity index (χ3v) is 4.67. The van der Waals surface area contributed by atoms with Gasteiger partial charge in [-0.2, -0.15) is 0 Å². The molecule has 2 rings (SSSR count). The Morgan fingerprint density at radius 1 is 1.32 bits per heavy atom. The highest BCUT2D eigenvalue weighted by Gasteiger charge is 2.42. The van der Waals surface area contributed by atoms with Gasteiger partial charge in [0, 0.05) is 20.2 Å². The first kappa shape index (κ1) is 16.7. The average molecular weight is 291 g/mol. The fraction of sp³-hybridized carbons (Fsp3) is 0.929. The number of carbonyl (C=O) groups is 1. The van der Waals surface area contributed by atoms with Crippen LogP contribution in [-0.2, 0) is 9.53 Å². The van der Waals surface area contributed by atoms with Crippen molar-refractivity contribution in [3.8, 4) is 0 Å². The lowest BCUT2D eigenvalue weighted by Crippen LogP contribution is -2.56. The van der Waals surface area contributed by atoms with Crippen LogP contribution in [0.25, 0.3) is 0 Å². The van der Waals surface area contributed by atoms with E-state index in [0.29, 0.717) is 0 Å². The van der Waals surface area contributed by atoms with E-state index in [0.717, 1.165) is 57.8 Å². The summed E-state index contributed by atoms with van der Waals surface area (Å²) in [4.78, 5) is 14.7. The molecule has 5 heteroatoms. The summed E-state index contributed by atoms with van der Waals surface area (Å²) in [5.74, 6) is 1.03. The molecular formula is C14H27ClN2O2. The molecule has 0 aromatic heterocycles. The van der Waals surface area contributed by atoms with E-state index in [-0.39, 0.29) is 18.3 Å². The number of carbonyl (C=O) groups excluding carboxylic acids is 1. The molecule has 2 fully saturated rings. The van der Waals surface area contributed by atoms with Gasteiger partial charge in [0.1, 0.15) is 5.60 Å². The molecule has 0 aromatic carbocycles. The largest absolute Gasteiger partial charge is 0.368 e. The van der Waals surface area contributed by atoms with Crippen molar-refractivity contribution in [3.63, 3.8) is 0 Å². The number of halogens is 1. The topological polar surface area (TPSA) is 41.6 Å². The van der Waals surface area contributed by atoms with E-state index in [1.54, 1.807) is 7.11 Å². The molecule has 0 unspecified atom stereocenters. The Bertz CT molecular complexity index is 285. The van der Waals surface area contributed by atoms with Crippen LogP contribution >= 0.6 is 12.4 Å². The number of piperidine rings is 2. The van der Waals surface area contributed by atoms with Gasteiger partial charge in [-0.05, 0) is 44.7 Å². The fourth-order valence-electron chi connectivity index (χ4n) is 3.17. The molecule has 4 nitrogen and oxygen atoms in total. The highest BCUT2D eigenvalue weighted by molar-refractivity contribution is 5.85. The average Bonchev–Trinajstić information content (AvgIpc) is 2.47. The molecule has 0 aromatic rings. The Labute approximate surface area is 122 Å². The van der Waals surface area contributed by atoms with Crippen LogP contribution in [0.4, 0.5) is 0 Å². The van der Waals surface area contributed by atoms with Gasteiger partial charge in [0.05, 0.1) is 0 Å². The van der Waals surface area contributed by atoms with Crippen molar-refractivity contribution in [1.29, 1.82) is 0 Å². The van der Waals surface area contributed by atoms with Crippen LogP contribution in [0.15, 0.2) is 0 Å². The monoisotopic (exact) mass is 290 g/mol. The smallest absolute Gasteiger partial charge is 0.254 e. The first-order valence-electron chi connectivity index (χ1n) is 7.27. The van der Waals surface area contributed by atoms with E-state index in [9.17, 15) is 4.79 Å². The molecular weight excluding hydrogens is 264 g/mol. The standard InChI is InChI=1S/C14H26N2O2.ClH/c1-3-12-4-10-16(11-5-12)13(17)14(18-2)6-8-15-9-7-14;/h12,15H,3-11H2,1-2H3;1H. The second-order valence-electron chi connectivity index (χ2n) is 5.59. The Balaban J connectivity index is 0.00000180. The van der Waals surface area contributed by atoms with Gasteiger partial charge in [0.25, 0.3) is 5.91 Å². The van der Waals surface area contributed by atoms with Crippen molar-refractivity contribution in [3.05, 3.63) is 0 Å². The van der Waals surface area contributed by atoms with Gasteiger partial charge in [0.2, 0.25) is 0 Å². The first-order chi connectivity index (χ1) is 8.72. The normalized spacial score (nSPS) is 23.8. The lowest BCUT2D eigenvalue weighted by atomic mass is 9.88. The molecule has 2 aliphatic rings. The number of ether oxygens (including phenoxy) is 1. The number of amides is 1. The highest BCUT2D eigenvalue weighted by Crippen LogP contribution is 2.28. The van der Waals surface area contributed by atoms with Gasteiger partial charge in [-0.1, -0.05) is 13.3 Å². The third-order valence-electron chi connectivity index (χ3n) is 4.67. The summed E-state index contributed by atoms with van der Waals surface area (Å²) in [5, 5.41) is 3.30. The van der Waals surface area contributed by atoms with Crippen molar-refractivity contribution in [1.82, 2.24) is 10.2 Å². The second-order valence-corrected chi connectivity index (χ2v) is 5.59. The van der Waals surface area contributed by atoms with E-state index < -0.39 is 5.60 Å². The number of likely N-dealkylation sites (tertiary alicyclic amines) is 1. The van der Waals surface area contributed by atoms with E-state index in [4.69, 9.17) is 4.74 Å². The molecule has 1 N–H and O–H groups in total. The van der Waals surface area contributed by atoms with Crippen molar-refractivity contribution in [2.45, 2.75) is 44.6 Å². The SMILES string of the molecule is CCC1CCN(C(=O)C2(OC)CCNCC2)CC1.Cl. The number of methoxy groups -OCH3 is 1. The number of rotatable bonds is 3. The summed E-state index contributed by atoms with van der Waals surface area (Å²) in [7, 11) is 1.68. The van der Waals surface area contributed by atoms with Crippen molar-refractivity contribution >= 4 is 18.3 Å². The van der Waals surface area contributed by atoms with Gasteiger partial charge in [-0.3, -0.25) is 4.79 Å². The molecule has 0 saturated carbocycles. The number of hydrogen-bond acceptors (Lipinski definition) is 3. The Hall–Kier alpha value is -0.320. The second kappa shape index (κ2) is 7.46. The summed E-state index contributed by atoms with van der Waals surface area (Å²) < 4.78 is 5.62. The number of nitrogens with one attached hydrogen (secondary N) is 1. The number of hydrogen-bond donors (Lipinski definition) is 1. The molecule has 1 amide bonds. The maximum absolute atomic E-state index is 12.7. The minimum atomic E-state index is -0.551. The van der Waals surface area contributed by atoms with E-state index in [2.05, 4.69) is 12.2 Å². The van der Waals surface area contributed by atoms with E-state index in [1.807, 2.05) is 4.90 Å². The van der Waals surface area contributed by atoms with Gasteiger partial charge in [-0.25, -0.2) is 0 Å². The first-order valence-corrected chi connectivity index (χ1v) is 7.27. The van der Waals surface area contributed by atoms with Crippen molar-refractivity contribution in [2.75, 3.05) is 33.3 Å². The third kappa shape index (κ3) is 3.61. The Morgan fingerprint density at radius 3 is 2.37 bits per heavy atom. The van der Waals surface area contributed by atoms with Gasteiger partial charge in [-0.15, -0.1) is 12.4 Å². The highest BCUT2D eigenvalue weighted by atomic mass is 35.5. The molecule has 0 spiro atoms. The predicted molar refractivity (Wildman–Crippen MR) is 78.7 cm³/mol. The molecule has 2 aliphatic heterocycles. The lowest BCUT2D eigenvalue weighted by molar-refractivity contribution is -0.159. The van der Waals surface area contributed by atoms with Crippen LogP contribution in [0.2, 0.25) is 0 Å². The minimum Gasteiger partial charge on any atom is -0.368 e. The van der Waals surface area contributed by atoms with Crippen LogP contribution in [-0.4, -0.2) is 49.7 Å². The summed E-state index contributed by atoms with van der Waals surface area (Å²) in [6.45, 7) is 5.83. The minimum absolute atomic E-state index is 0. The summed E-state index contributed by atoms with van der Waals surface area (Å²) in [5.41, 5.74) is -0.551. The van der Waals surface area contributed by atoms with Crippen LogP contribution in [0.1, 0.15) is 39.0 Å². The zero-order valence-electron chi connectivity index (χ0n) is 12.1.